The van der Waals surface area contributed by atoms with Gasteiger partial charge in [-0.05, 0) is 37.1 Å². The number of aryl methyl sites for hydroxylation is 1. The molecule has 5 rings (SSSR count). The van der Waals surface area contributed by atoms with Crippen molar-refractivity contribution in [1.29, 1.82) is 0 Å². The van der Waals surface area contributed by atoms with Gasteiger partial charge in [-0.2, -0.15) is 0 Å². The number of nitrogens with zero attached hydrogens (tertiary/aromatic N) is 2. The topological polar surface area (TPSA) is 121 Å². The Morgan fingerprint density at radius 1 is 0.974 bits per heavy atom. The molecule has 2 unspecified atom stereocenters. The van der Waals surface area contributed by atoms with Crippen LogP contribution in [0, 0.1) is 6.92 Å². The largest absolute Gasteiger partial charge is 0.494 e. The van der Waals surface area contributed by atoms with E-state index in [1.165, 1.54) is 0 Å². The van der Waals surface area contributed by atoms with Gasteiger partial charge in [0.25, 0.3) is 5.56 Å². The zero-order valence-corrected chi connectivity index (χ0v) is 21.6. The SMILES string of the molecule is CCOC(=O)C(C(c1ccc(C)cc1)c1c(O)[nH]c(=O)[nH]c1=O)n1c[n+](Cc2ccccc2)c2ccccc21. The number of ether oxygens (including phenoxy) is 1. The number of imidazole rings is 1. The van der Waals surface area contributed by atoms with Crippen LogP contribution in [-0.2, 0) is 16.1 Å². The highest BCUT2D eigenvalue weighted by molar-refractivity contribution is 5.81. The van der Waals surface area contributed by atoms with E-state index in [4.69, 9.17) is 4.74 Å². The van der Waals surface area contributed by atoms with Crippen LogP contribution < -0.4 is 15.8 Å². The number of fused-ring (bicyclic) bond motifs is 1. The molecule has 3 N–H and O–H groups in total. The van der Waals surface area contributed by atoms with Gasteiger partial charge in [0.2, 0.25) is 18.2 Å². The second-order valence-corrected chi connectivity index (χ2v) is 9.38. The van der Waals surface area contributed by atoms with Crippen molar-refractivity contribution in [1.82, 2.24) is 14.5 Å². The lowest BCUT2D eigenvalue weighted by molar-refractivity contribution is -0.663. The maximum Gasteiger partial charge on any atom is 0.352 e. The number of aromatic nitrogens is 4. The minimum Gasteiger partial charge on any atom is -0.494 e. The summed E-state index contributed by atoms with van der Waals surface area (Å²) in [6.45, 7) is 4.30. The number of rotatable bonds is 8. The minimum absolute atomic E-state index is 0.118. The summed E-state index contributed by atoms with van der Waals surface area (Å²) >= 11 is 0. The van der Waals surface area contributed by atoms with Gasteiger partial charge in [0.1, 0.15) is 6.54 Å². The third kappa shape index (κ3) is 5.11. The van der Waals surface area contributed by atoms with E-state index >= 15 is 0 Å². The van der Waals surface area contributed by atoms with E-state index in [2.05, 4.69) is 9.97 Å². The van der Waals surface area contributed by atoms with Crippen LogP contribution in [0.25, 0.3) is 11.0 Å². The molecule has 9 nitrogen and oxygen atoms in total. The number of carbonyl (C=O) groups is 1. The quantitative estimate of drug-likeness (QED) is 0.212. The lowest BCUT2D eigenvalue weighted by Crippen LogP contribution is -2.36. The number of carbonyl (C=O) groups excluding carboxylic acids is 1. The minimum atomic E-state index is -1.09. The Morgan fingerprint density at radius 3 is 2.36 bits per heavy atom. The van der Waals surface area contributed by atoms with E-state index < -0.39 is 35.1 Å². The van der Waals surface area contributed by atoms with Crippen molar-refractivity contribution in [2.45, 2.75) is 32.4 Å². The van der Waals surface area contributed by atoms with Crippen LogP contribution in [0.2, 0.25) is 0 Å². The number of hydrogen-bond acceptors (Lipinski definition) is 5. The molecule has 2 atom stereocenters. The van der Waals surface area contributed by atoms with E-state index in [1.807, 2.05) is 84.5 Å². The van der Waals surface area contributed by atoms with Crippen molar-refractivity contribution >= 4 is 17.0 Å². The van der Waals surface area contributed by atoms with Gasteiger partial charge in [-0.3, -0.25) is 14.8 Å². The molecular formula is C30H29N4O5+. The summed E-state index contributed by atoms with van der Waals surface area (Å²) in [6, 6.07) is 23.8. The number of aromatic amines is 2. The molecule has 2 heterocycles. The highest BCUT2D eigenvalue weighted by atomic mass is 16.5. The average Bonchev–Trinajstić information content (AvgIpc) is 3.26. The van der Waals surface area contributed by atoms with Crippen molar-refractivity contribution in [2.24, 2.45) is 0 Å². The van der Waals surface area contributed by atoms with Gasteiger partial charge < -0.3 is 9.84 Å². The predicted molar refractivity (Wildman–Crippen MR) is 146 cm³/mol. The summed E-state index contributed by atoms with van der Waals surface area (Å²) < 4.78 is 9.36. The van der Waals surface area contributed by atoms with Gasteiger partial charge in [0, 0.05) is 0 Å². The van der Waals surface area contributed by atoms with Crippen LogP contribution in [0.4, 0.5) is 0 Å². The van der Waals surface area contributed by atoms with E-state index in [0.717, 1.165) is 22.2 Å². The number of H-pyrrole nitrogens is 2. The molecule has 0 saturated carbocycles. The zero-order valence-electron chi connectivity index (χ0n) is 21.6. The lowest BCUT2D eigenvalue weighted by Gasteiger charge is -2.24. The molecular weight excluding hydrogens is 496 g/mol. The van der Waals surface area contributed by atoms with Crippen LogP contribution in [0.3, 0.4) is 0 Å². The number of aromatic hydroxyl groups is 1. The Balaban J connectivity index is 1.79. The van der Waals surface area contributed by atoms with Crippen molar-refractivity contribution in [3.63, 3.8) is 0 Å². The molecule has 0 aliphatic heterocycles. The Morgan fingerprint density at radius 2 is 1.67 bits per heavy atom. The van der Waals surface area contributed by atoms with Crippen LogP contribution in [0.5, 0.6) is 5.88 Å². The lowest BCUT2D eigenvalue weighted by atomic mass is 9.85. The number of nitrogens with one attached hydrogen (secondary N) is 2. The molecule has 0 amide bonds. The van der Waals surface area contributed by atoms with Crippen molar-refractivity contribution in [3.05, 3.63) is 128 Å². The molecule has 3 aromatic carbocycles. The molecule has 39 heavy (non-hydrogen) atoms. The van der Waals surface area contributed by atoms with Crippen molar-refractivity contribution < 1.29 is 19.2 Å². The average molecular weight is 526 g/mol. The van der Waals surface area contributed by atoms with Gasteiger partial charge in [0.15, 0.2) is 11.0 Å². The number of esters is 1. The molecule has 0 aliphatic carbocycles. The first-order chi connectivity index (χ1) is 18.9. The molecule has 5 aromatic rings. The molecule has 198 valence electrons. The van der Waals surface area contributed by atoms with E-state index in [-0.39, 0.29) is 12.2 Å². The van der Waals surface area contributed by atoms with Crippen molar-refractivity contribution in [2.75, 3.05) is 6.61 Å². The monoisotopic (exact) mass is 525 g/mol. The molecule has 0 fully saturated rings. The zero-order chi connectivity index (χ0) is 27.5. The van der Waals surface area contributed by atoms with E-state index in [1.54, 1.807) is 23.6 Å². The summed E-state index contributed by atoms with van der Waals surface area (Å²) in [7, 11) is 0. The van der Waals surface area contributed by atoms with Gasteiger partial charge >= 0.3 is 11.7 Å². The van der Waals surface area contributed by atoms with E-state index in [0.29, 0.717) is 12.1 Å². The summed E-state index contributed by atoms with van der Waals surface area (Å²) in [5.41, 5.74) is 2.50. The summed E-state index contributed by atoms with van der Waals surface area (Å²) in [6.07, 6.45) is 1.83. The highest BCUT2D eigenvalue weighted by Crippen LogP contribution is 2.39. The smallest absolute Gasteiger partial charge is 0.352 e. The third-order valence-corrected chi connectivity index (χ3v) is 6.78. The Kier molecular flexibility index (Phi) is 7.14. The van der Waals surface area contributed by atoms with E-state index in [9.17, 15) is 19.5 Å². The maximum atomic E-state index is 13.8. The second kappa shape index (κ2) is 10.8. The normalized spacial score (nSPS) is 12.8. The molecule has 0 aliphatic rings. The number of hydrogen-bond donors (Lipinski definition) is 3. The maximum absolute atomic E-state index is 13.8. The first kappa shape index (κ1) is 25.7. The van der Waals surface area contributed by atoms with Gasteiger partial charge in [-0.25, -0.2) is 18.7 Å². The standard InChI is InChI=1S/C30H28N4O5/c1-3-39-29(37)26(24(21-15-13-19(2)14-16-21)25-27(35)31-30(38)32-28(25)36)34-18-33(17-20-9-5-4-6-10-20)22-11-7-8-12-23(22)34/h4-16,18,24,26H,3,17H2,1-2H3,(H2-,31,32,35,36,38)/p+1. The molecule has 0 bridgehead atoms. The fraction of sp³-hybridized carbons (Fsp3) is 0.200. The first-order valence-electron chi connectivity index (χ1n) is 12.7. The molecule has 0 saturated heterocycles. The van der Waals surface area contributed by atoms with Crippen LogP contribution >= 0.6 is 0 Å². The third-order valence-electron chi connectivity index (χ3n) is 6.78. The first-order valence-corrected chi connectivity index (χ1v) is 12.7. The highest BCUT2D eigenvalue weighted by Gasteiger charge is 2.42. The van der Waals surface area contributed by atoms with Crippen LogP contribution in [0.1, 0.15) is 41.1 Å². The van der Waals surface area contributed by atoms with Crippen LogP contribution in [0.15, 0.2) is 94.8 Å². The summed E-state index contributed by atoms with van der Waals surface area (Å²) in [5, 5.41) is 10.8. The predicted octanol–water partition coefficient (Wildman–Crippen LogP) is 3.30. The Bertz CT molecular complexity index is 1740. The number of benzene rings is 3. The molecule has 0 radical (unpaired) electrons. The molecule has 0 spiro atoms. The fourth-order valence-electron chi connectivity index (χ4n) is 5.02. The van der Waals surface area contributed by atoms with Gasteiger partial charge in [-0.15, -0.1) is 0 Å². The second-order valence-electron chi connectivity index (χ2n) is 9.38. The van der Waals surface area contributed by atoms with Gasteiger partial charge in [0.05, 0.1) is 18.1 Å². The summed E-state index contributed by atoms with van der Waals surface area (Å²) in [5.74, 6) is -2.18. The Hall–Kier alpha value is -4.92. The van der Waals surface area contributed by atoms with Crippen LogP contribution in [-0.4, -0.2) is 32.2 Å². The summed E-state index contributed by atoms with van der Waals surface area (Å²) in [4.78, 5) is 43.3. The Labute approximate surface area is 224 Å². The van der Waals surface area contributed by atoms with Gasteiger partial charge in [-0.1, -0.05) is 72.3 Å². The fourth-order valence-corrected chi connectivity index (χ4v) is 5.02. The number of para-hydroxylation sites is 2. The van der Waals surface area contributed by atoms with Crippen molar-refractivity contribution in [3.8, 4) is 5.88 Å². The molecule has 2 aromatic heterocycles. The molecule has 9 heteroatoms.